The van der Waals surface area contributed by atoms with Gasteiger partial charge in [0.05, 0.1) is 6.10 Å². The Balaban J connectivity index is 2.14. The second-order valence-corrected chi connectivity index (χ2v) is 4.21. The minimum Gasteiger partial charge on any atom is -0.466 e. The number of benzene rings is 1. The Hall–Kier alpha value is -1.61. The first-order chi connectivity index (χ1) is 8.06. The fourth-order valence-electron chi connectivity index (χ4n) is 1.94. The first-order valence-electron chi connectivity index (χ1n) is 5.55. The minimum atomic E-state index is -0.613. The quantitative estimate of drug-likeness (QED) is 0.883. The largest absolute Gasteiger partial charge is 0.466 e. The van der Waals surface area contributed by atoms with E-state index in [1.807, 2.05) is 19.9 Å². The van der Waals surface area contributed by atoms with E-state index in [1.54, 1.807) is 12.1 Å². The van der Waals surface area contributed by atoms with Crippen molar-refractivity contribution in [2.45, 2.75) is 26.4 Å². The highest BCUT2D eigenvalue weighted by atomic mass is 19.1. The second kappa shape index (κ2) is 4.72. The van der Waals surface area contributed by atoms with E-state index in [0.717, 1.165) is 22.6 Å². The van der Waals surface area contributed by atoms with Crippen molar-refractivity contribution in [2.24, 2.45) is 0 Å². The molecule has 2 rings (SSSR count). The Morgan fingerprint density at radius 2 is 1.88 bits per heavy atom. The van der Waals surface area contributed by atoms with Gasteiger partial charge in [-0.1, -0.05) is 12.1 Å². The van der Waals surface area contributed by atoms with E-state index in [4.69, 9.17) is 4.42 Å². The lowest BCUT2D eigenvalue weighted by Crippen LogP contribution is -2.02. The summed E-state index contributed by atoms with van der Waals surface area (Å²) < 4.78 is 18.1. The van der Waals surface area contributed by atoms with E-state index >= 15 is 0 Å². The molecule has 1 heterocycles. The third-order valence-corrected chi connectivity index (χ3v) is 2.78. The molecule has 0 bridgehead atoms. The molecule has 1 atom stereocenters. The van der Waals surface area contributed by atoms with Crippen molar-refractivity contribution >= 4 is 0 Å². The zero-order valence-corrected chi connectivity index (χ0v) is 9.90. The Kier molecular flexibility index (Phi) is 3.29. The fraction of sp³-hybridized carbons (Fsp3) is 0.286. The van der Waals surface area contributed by atoms with Crippen molar-refractivity contribution in [1.29, 1.82) is 0 Å². The molecule has 0 aliphatic heterocycles. The molecule has 0 amide bonds. The van der Waals surface area contributed by atoms with Gasteiger partial charge < -0.3 is 9.52 Å². The molecule has 0 aliphatic rings. The second-order valence-electron chi connectivity index (χ2n) is 4.21. The summed E-state index contributed by atoms with van der Waals surface area (Å²) in [6, 6.07) is 8.00. The van der Waals surface area contributed by atoms with Gasteiger partial charge in [0.1, 0.15) is 17.3 Å². The summed E-state index contributed by atoms with van der Waals surface area (Å²) in [7, 11) is 0. The van der Waals surface area contributed by atoms with E-state index in [-0.39, 0.29) is 5.82 Å². The van der Waals surface area contributed by atoms with Gasteiger partial charge in [-0.2, -0.15) is 0 Å². The minimum absolute atomic E-state index is 0.265. The van der Waals surface area contributed by atoms with Crippen LogP contribution in [0.3, 0.4) is 0 Å². The van der Waals surface area contributed by atoms with Crippen LogP contribution in [-0.4, -0.2) is 5.11 Å². The van der Waals surface area contributed by atoms with E-state index in [0.29, 0.717) is 6.42 Å². The smallest absolute Gasteiger partial charge is 0.123 e. The summed E-state index contributed by atoms with van der Waals surface area (Å²) in [6.45, 7) is 3.68. The topological polar surface area (TPSA) is 33.4 Å². The number of aryl methyl sites for hydroxylation is 2. The van der Waals surface area contributed by atoms with Gasteiger partial charge in [-0.15, -0.1) is 0 Å². The zero-order valence-electron chi connectivity index (χ0n) is 9.90. The summed E-state index contributed by atoms with van der Waals surface area (Å²) in [4.78, 5) is 0. The molecule has 0 radical (unpaired) electrons. The fourth-order valence-corrected chi connectivity index (χ4v) is 1.94. The molecule has 90 valence electrons. The maximum atomic E-state index is 12.7. The lowest BCUT2D eigenvalue weighted by atomic mass is 10.0. The Morgan fingerprint density at radius 3 is 2.41 bits per heavy atom. The molecule has 17 heavy (non-hydrogen) atoms. The summed E-state index contributed by atoms with van der Waals surface area (Å²) >= 11 is 0. The van der Waals surface area contributed by atoms with Gasteiger partial charge in [0, 0.05) is 12.0 Å². The van der Waals surface area contributed by atoms with Crippen LogP contribution in [0.4, 0.5) is 4.39 Å². The molecular weight excluding hydrogens is 219 g/mol. The van der Waals surface area contributed by atoms with Gasteiger partial charge in [-0.3, -0.25) is 0 Å². The zero-order chi connectivity index (χ0) is 12.4. The van der Waals surface area contributed by atoms with Crippen LogP contribution in [0.15, 0.2) is 34.7 Å². The third kappa shape index (κ3) is 2.74. The predicted octanol–water partition coefficient (Wildman–Crippen LogP) is 3.31. The molecular formula is C14H15FO2. The van der Waals surface area contributed by atoms with Crippen LogP contribution < -0.4 is 0 Å². The molecule has 0 aliphatic carbocycles. The van der Waals surface area contributed by atoms with Crippen LogP contribution in [-0.2, 0) is 6.42 Å². The van der Waals surface area contributed by atoms with Crippen LogP contribution in [0.2, 0.25) is 0 Å². The van der Waals surface area contributed by atoms with Crippen molar-refractivity contribution in [2.75, 3.05) is 0 Å². The average molecular weight is 234 g/mol. The highest BCUT2D eigenvalue weighted by Gasteiger charge is 2.14. The maximum absolute atomic E-state index is 12.7. The van der Waals surface area contributed by atoms with Crippen LogP contribution in [0, 0.1) is 19.7 Å². The highest BCUT2D eigenvalue weighted by molar-refractivity contribution is 5.26. The first kappa shape index (κ1) is 11.9. The van der Waals surface area contributed by atoms with Crippen molar-refractivity contribution in [3.05, 3.63) is 58.8 Å². The van der Waals surface area contributed by atoms with Gasteiger partial charge in [-0.25, -0.2) is 4.39 Å². The number of hydrogen-bond donors (Lipinski definition) is 1. The van der Waals surface area contributed by atoms with Gasteiger partial charge in [0.25, 0.3) is 0 Å². The number of aliphatic hydroxyl groups excluding tert-OH is 1. The number of halogens is 1. The number of furan rings is 1. The molecule has 1 unspecified atom stereocenters. The Labute approximate surface area is 99.7 Å². The number of aliphatic hydroxyl groups is 1. The van der Waals surface area contributed by atoms with E-state index in [2.05, 4.69) is 0 Å². The van der Waals surface area contributed by atoms with Gasteiger partial charge >= 0.3 is 0 Å². The molecule has 0 saturated heterocycles. The molecule has 0 saturated carbocycles. The Bertz CT molecular complexity index is 499. The van der Waals surface area contributed by atoms with Crippen LogP contribution in [0.25, 0.3) is 0 Å². The normalized spacial score (nSPS) is 12.7. The lowest BCUT2D eigenvalue weighted by Gasteiger charge is -2.09. The molecule has 1 N–H and O–H groups in total. The molecule has 1 aromatic heterocycles. The van der Waals surface area contributed by atoms with Crippen molar-refractivity contribution in [3.8, 4) is 0 Å². The number of rotatable bonds is 3. The lowest BCUT2D eigenvalue weighted by molar-refractivity contribution is 0.176. The predicted molar refractivity (Wildman–Crippen MR) is 63.2 cm³/mol. The van der Waals surface area contributed by atoms with E-state index in [9.17, 15) is 9.50 Å². The molecule has 0 spiro atoms. The Morgan fingerprint density at radius 1 is 1.24 bits per heavy atom. The van der Waals surface area contributed by atoms with E-state index < -0.39 is 6.10 Å². The van der Waals surface area contributed by atoms with E-state index in [1.165, 1.54) is 12.1 Å². The molecule has 2 aromatic rings. The van der Waals surface area contributed by atoms with Crippen molar-refractivity contribution in [1.82, 2.24) is 0 Å². The SMILES string of the molecule is Cc1cc(C(O)Cc2ccc(F)cc2)c(C)o1. The monoisotopic (exact) mass is 234 g/mol. The van der Waals surface area contributed by atoms with Crippen LogP contribution in [0.5, 0.6) is 0 Å². The summed E-state index contributed by atoms with van der Waals surface area (Å²) in [5.74, 6) is 1.26. The number of hydrogen-bond acceptors (Lipinski definition) is 2. The summed E-state index contributed by atoms with van der Waals surface area (Å²) in [5, 5.41) is 10.1. The summed E-state index contributed by atoms with van der Waals surface area (Å²) in [5.41, 5.74) is 1.70. The van der Waals surface area contributed by atoms with Gasteiger partial charge in [-0.05, 0) is 37.6 Å². The van der Waals surface area contributed by atoms with Crippen LogP contribution >= 0.6 is 0 Å². The molecule has 2 nitrogen and oxygen atoms in total. The third-order valence-electron chi connectivity index (χ3n) is 2.78. The van der Waals surface area contributed by atoms with Crippen molar-refractivity contribution < 1.29 is 13.9 Å². The summed E-state index contributed by atoms with van der Waals surface area (Å²) in [6.07, 6.45) is -0.155. The maximum Gasteiger partial charge on any atom is 0.123 e. The molecule has 3 heteroatoms. The first-order valence-corrected chi connectivity index (χ1v) is 5.55. The molecule has 0 fully saturated rings. The van der Waals surface area contributed by atoms with Gasteiger partial charge in [0.2, 0.25) is 0 Å². The molecule has 1 aromatic carbocycles. The van der Waals surface area contributed by atoms with Crippen LogP contribution in [0.1, 0.15) is 28.8 Å². The average Bonchev–Trinajstić information content (AvgIpc) is 2.61. The van der Waals surface area contributed by atoms with Crippen molar-refractivity contribution in [3.63, 3.8) is 0 Å². The standard InChI is InChI=1S/C14H15FO2/c1-9-7-13(10(2)17-9)14(16)8-11-3-5-12(15)6-4-11/h3-7,14,16H,8H2,1-2H3. The van der Waals surface area contributed by atoms with Gasteiger partial charge in [0.15, 0.2) is 0 Å². The highest BCUT2D eigenvalue weighted by Crippen LogP contribution is 2.24.